The molecule has 0 saturated carbocycles. The lowest BCUT2D eigenvalue weighted by atomic mass is 9.94. The van der Waals surface area contributed by atoms with Crippen molar-refractivity contribution in [3.63, 3.8) is 0 Å². The first-order chi connectivity index (χ1) is 10.9. The predicted molar refractivity (Wildman–Crippen MR) is 91.4 cm³/mol. The number of aryl methyl sites for hydroxylation is 1. The fraction of sp³-hybridized carbons (Fsp3) is 0.167. The standard InChI is InChI=1S/C18H16BrF2NO/c1-3-4-16(12-8-13(20)10-14(21)9-12)18(23)22-15-5-6-17(19)11(2)7-15/h3,5-10,16H,1,4H2,2H3,(H,22,23). The summed E-state index contributed by atoms with van der Waals surface area (Å²) in [6.45, 7) is 5.52. The number of hydrogen-bond donors (Lipinski definition) is 1. The average molecular weight is 380 g/mol. The Morgan fingerprint density at radius 2 is 1.91 bits per heavy atom. The molecule has 1 amide bonds. The minimum atomic E-state index is -0.707. The first-order valence-corrected chi connectivity index (χ1v) is 7.84. The van der Waals surface area contributed by atoms with Crippen molar-refractivity contribution in [3.05, 3.63) is 76.3 Å². The number of anilines is 1. The summed E-state index contributed by atoms with van der Waals surface area (Å²) in [5.41, 5.74) is 1.88. The highest BCUT2D eigenvalue weighted by atomic mass is 79.9. The van der Waals surface area contributed by atoms with E-state index < -0.39 is 17.6 Å². The third-order valence-electron chi connectivity index (χ3n) is 3.43. The molecule has 2 nitrogen and oxygen atoms in total. The van der Waals surface area contributed by atoms with Gasteiger partial charge in [-0.05, 0) is 54.8 Å². The zero-order valence-corrected chi connectivity index (χ0v) is 14.2. The van der Waals surface area contributed by atoms with Crippen LogP contribution in [-0.4, -0.2) is 5.91 Å². The highest BCUT2D eigenvalue weighted by Gasteiger charge is 2.21. The quantitative estimate of drug-likeness (QED) is 0.698. The third kappa shape index (κ3) is 4.48. The molecule has 2 rings (SSSR count). The molecule has 0 saturated heterocycles. The van der Waals surface area contributed by atoms with Gasteiger partial charge in [0.05, 0.1) is 5.92 Å². The molecule has 0 heterocycles. The minimum absolute atomic E-state index is 0.282. The van der Waals surface area contributed by atoms with E-state index in [-0.39, 0.29) is 17.9 Å². The van der Waals surface area contributed by atoms with Crippen molar-refractivity contribution >= 4 is 27.5 Å². The molecule has 1 N–H and O–H groups in total. The van der Waals surface area contributed by atoms with E-state index in [0.29, 0.717) is 5.69 Å². The number of carbonyl (C=O) groups is 1. The summed E-state index contributed by atoms with van der Waals surface area (Å²) in [6, 6.07) is 8.53. The van der Waals surface area contributed by atoms with Crippen LogP contribution in [0.1, 0.15) is 23.5 Å². The van der Waals surface area contributed by atoms with Crippen molar-refractivity contribution in [2.24, 2.45) is 0 Å². The van der Waals surface area contributed by atoms with Crippen LogP contribution in [-0.2, 0) is 4.79 Å². The third-order valence-corrected chi connectivity index (χ3v) is 4.32. The molecule has 120 valence electrons. The van der Waals surface area contributed by atoms with Crippen molar-refractivity contribution in [1.82, 2.24) is 0 Å². The zero-order chi connectivity index (χ0) is 17.0. The Labute approximate surface area is 142 Å². The predicted octanol–water partition coefficient (Wildman–Crippen LogP) is 5.33. The maximum Gasteiger partial charge on any atom is 0.232 e. The van der Waals surface area contributed by atoms with Gasteiger partial charge in [-0.1, -0.05) is 22.0 Å². The molecule has 23 heavy (non-hydrogen) atoms. The monoisotopic (exact) mass is 379 g/mol. The first-order valence-electron chi connectivity index (χ1n) is 7.04. The van der Waals surface area contributed by atoms with Crippen LogP contribution in [0, 0.1) is 18.6 Å². The molecular formula is C18H16BrF2NO. The molecule has 2 aromatic rings. The van der Waals surface area contributed by atoms with E-state index in [0.717, 1.165) is 16.1 Å². The van der Waals surface area contributed by atoms with E-state index in [4.69, 9.17) is 0 Å². The molecule has 0 radical (unpaired) electrons. The molecule has 5 heteroatoms. The lowest BCUT2D eigenvalue weighted by Gasteiger charge is -2.16. The summed E-state index contributed by atoms with van der Waals surface area (Å²) in [7, 11) is 0. The smallest absolute Gasteiger partial charge is 0.232 e. The van der Waals surface area contributed by atoms with E-state index >= 15 is 0 Å². The van der Waals surface area contributed by atoms with Crippen LogP contribution in [0.15, 0.2) is 53.5 Å². The Bertz CT molecular complexity index is 726. The molecule has 2 aromatic carbocycles. The van der Waals surface area contributed by atoms with Crippen molar-refractivity contribution < 1.29 is 13.6 Å². The van der Waals surface area contributed by atoms with Crippen molar-refractivity contribution in [2.45, 2.75) is 19.3 Å². The lowest BCUT2D eigenvalue weighted by Crippen LogP contribution is -2.21. The van der Waals surface area contributed by atoms with Crippen LogP contribution >= 0.6 is 15.9 Å². The van der Waals surface area contributed by atoms with Gasteiger partial charge >= 0.3 is 0 Å². The van der Waals surface area contributed by atoms with E-state index in [2.05, 4.69) is 27.8 Å². The minimum Gasteiger partial charge on any atom is -0.326 e. The van der Waals surface area contributed by atoms with Crippen LogP contribution in [0.2, 0.25) is 0 Å². The molecule has 1 unspecified atom stereocenters. The van der Waals surface area contributed by atoms with Crippen molar-refractivity contribution in [2.75, 3.05) is 5.32 Å². The van der Waals surface area contributed by atoms with Gasteiger partial charge in [0, 0.05) is 16.2 Å². The zero-order valence-electron chi connectivity index (χ0n) is 12.6. The fourth-order valence-electron chi connectivity index (χ4n) is 2.29. The van der Waals surface area contributed by atoms with Crippen molar-refractivity contribution in [3.8, 4) is 0 Å². The summed E-state index contributed by atoms with van der Waals surface area (Å²) < 4.78 is 27.8. The second-order valence-corrected chi connectivity index (χ2v) is 6.09. The second-order valence-electron chi connectivity index (χ2n) is 5.23. The fourth-order valence-corrected chi connectivity index (χ4v) is 2.54. The van der Waals surface area contributed by atoms with Crippen LogP contribution in [0.4, 0.5) is 14.5 Å². The summed E-state index contributed by atoms with van der Waals surface area (Å²) >= 11 is 3.39. The van der Waals surface area contributed by atoms with E-state index in [9.17, 15) is 13.6 Å². The van der Waals surface area contributed by atoms with Crippen LogP contribution in [0.3, 0.4) is 0 Å². The summed E-state index contributed by atoms with van der Waals surface area (Å²) in [5.74, 6) is -2.46. The normalized spacial score (nSPS) is 11.8. The number of amides is 1. The number of allylic oxidation sites excluding steroid dienone is 1. The highest BCUT2D eigenvalue weighted by molar-refractivity contribution is 9.10. The Morgan fingerprint density at radius 1 is 1.26 bits per heavy atom. The molecule has 0 aliphatic heterocycles. The van der Waals surface area contributed by atoms with Gasteiger partial charge < -0.3 is 5.32 Å². The van der Waals surface area contributed by atoms with Gasteiger partial charge in [0.1, 0.15) is 11.6 Å². The number of rotatable bonds is 5. The largest absolute Gasteiger partial charge is 0.326 e. The Morgan fingerprint density at radius 3 is 2.48 bits per heavy atom. The number of nitrogens with one attached hydrogen (secondary N) is 1. The van der Waals surface area contributed by atoms with Gasteiger partial charge in [0.25, 0.3) is 0 Å². The lowest BCUT2D eigenvalue weighted by molar-refractivity contribution is -0.117. The molecule has 0 spiro atoms. The second kappa shape index (κ2) is 7.51. The Balaban J connectivity index is 2.27. The number of carbonyl (C=O) groups excluding carboxylic acids is 1. The van der Waals surface area contributed by atoms with E-state index in [1.165, 1.54) is 12.1 Å². The average Bonchev–Trinajstić information content (AvgIpc) is 2.47. The van der Waals surface area contributed by atoms with Gasteiger partial charge in [0.2, 0.25) is 5.91 Å². The van der Waals surface area contributed by atoms with Gasteiger partial charge in [-0.25, -0.2) is 8.78 Å². The molecule has 0 aliphatic carbocycles. The molecule has 0 bridgehead atoms. The van der Waals surface area contributed by atoms with E-state index in [1.54, 1.807) is 12.1 Å². The molecule has 0 aliphatic rings. The SMILES string of the molecule is C=CCC(C(=O)Nc1ccc(Br)c(C)c1)c1cc(F)cc(F)c1. The Hall–Kier alpha value is -2.01. The molecule has 1 atom stereocenters. The topological polar surface area (TPSA) is 29.1 Å². The first kappa shape index (κ1) is 17.3. The number of halogens is 3. The molecular weight excluding hydrogens is 364 g/mol. The summed E-state index contributed by atoms with van der Waals surface area (Å²) in [5, 5.41) is 2.78. The summed E-state index contributed by atoms with van der Waals surface area (Å²) in [4.78, 5) is 12.5. The molecule has 0 aromatic heterocycles. The van der Waals surface area contributed by atoms with Gasteiger partial charge in [-0.15, -0.1) is 6.58 Å². The number of benzene rings is 2. The van der Waals surface area contributed by atoms with Gasteiger partial charge in [-0.2, -0.15) is 0 Å². The highest BCUT2D eigenvalue weighted by Crippen LogP contribution is 2.26. The van der Waals surface area contributed by atoms with Crippen LogP contribution in [0.25, 0.3) is 0 Å². The van der Waals surface area contributed by atoms with Crippen molar-refractivity contribution in [1.29, 1.82) is 0 Å². The van der Waals surface area contributed by atoms with Crippen LogP contribution < -0.4 is 5.32 Å². The van der Waals surface area contributed by atoms with E-state index in [1.807, 2.05) is 19.1 Å². The van der Waals surface area contributed by atoms with Crippen LogP contribution in [0.5, 0.6) is 0 Å². The maximum atomic E-state index is 13.4. The maximum absolute atomic E-state index is 13.4. The van der Waals surface area contributed by atoms with Gasteiger partial charge in [-0.3, -0.25) is 4.79 Å². The summed E-state index contributed by atoms with van der Waals surface area (Å²) in [6.07, 6.45) is 1.84. The Kier molecular flexibility index (Phi) is 5.66. The molecule has 0 fully saturated rings. The number of hydrogen-bond acceptors (Lipinski definition) is 1. The van der Waals surface area contributed by atoms with Gasteiger partial charge in [0.15, 0.2) is 0 Å².